The highest BCUT2D eigenvalue weighted by Crippen LogP contribution is 2.25. The summed E-state index contributed by atoms with van der Waals surface area (Å²) in [5.41, 5.74) is 1.98. The molecule has 29 heavy (non-hydrogen) atoms. The molecule has 0 amide bonds. The first-order chi connectivity index (χ1) is 13.6. The van der Waals surface area contributed by atoms with Crippen LogP contribution in [0.3, 0.4) is 0 Å². The highest BCUT2D eigenvalue weighted by molar-refractivity contribution is 7.87. The van der Waals surface area contributed by atoms with Crippen LogP contribution in [0.25, 0.3) is 0 Å². The molecule has 0 spiro atoms. The number of hydrogen-bond donors (Lipinski definition) is 0. The van der Waals surface area contributed by atoms with Gasteiger partial charge in [-0.2, -0.15) is 16.8 Å². The number of hydrogen-bond acceptors (Lipinski definition) is 7. The molecule has 1 heterocycles. The molecule has 1 aliphatic rings. The van der Waals surface area contributed by atoms with Crippen molar-refractivity contribution >= 4 is 20.2 Å². The Balaban J connectivity index is 1.52. The molecule has 9 heteroatoms. The third kappa shape index (κ3) is 6.73. The van der Waals surface area contributed by atoms with E-state index in [9.17, 15) is 16.8 Å². The second-order valence-electron chi connectivity index (χ2n) is 7.20. The van der Waals surface area contributed by atoms with Crippen molar-refractivity contribution in [2.75, 3.05) is 11.5 Å². The second kappa shape index (κ2) is 8.73. The van der Waals surface area contributed by atoms with Gasteiger partial charge in [-0.3, -0.25) is 0 Å². The maximum absolute atomic E-state index is 12.3. The number of rotatable bonds is 8. The summed E-state index contributed by atoms with van der Waals surface area (Å²) in [5, 5.41) is 0. The van der Waals surface area contributed by atoms with Gasteiger partial charge in [-0.25, -0.2) is 0 Å². The third-order valence-corrected chi connectivity index (χ3v) is 6.92. The van der Waals surface area contributed by atoms with Crippen molar-refractivity contribution in [1.29, 1.82) is 0 Å². The van der Waals surface area contributed by atoms with Crippen LogP contribution in [0.2, 0.25) is 0 Å². The maximum atomic E-state index is 12.3. The van der Waals surface area contributed by atoms with Crippen molar-refractivity contribution in [1.82, 2.24) is 0 Å². The number of ether oxygens (including phenoxy) is 1. The molecular formula is C20H24O7S2. The normalized spacial score (nSPS) is 19.8. The summed E-state index contributed by atoms with van der Waals surface area (Å²) in [6.07, 6.45) is -0.377. The molecule has 3 rings (SSSR count). The minimum Gasteiger partial charge on any atom is -0.382 e. The fraction of sp³-hybridized carbons (Fsp3) is 0.400. The van der Waals surface area contributed by atoms with E-state index in [1.54, 1.807) is 48.5 Å². The van der Waals surface area contributed by atoms with Crippen LogP contribution in [0.4, 0.5) is 0 Å². The smallest absolute Gasteiger partial charge is 0.311 e. The summed E-state index contributed by atoms with van der Waals surface area (Å²) in [5.74, 6) is -0.203. The predicted octanol–water partition coefficient (Wildman–Crippen LogP) is 2.97. The standard InChI is InChI=1S/C20H24O7S2/c1-15-3-7-17(8-4-15)26-28(21,22)13-19-11-12-20(25-19)14-29(23,24)27-18-9-5-16(2)6-10-18/h3-10,19-20H,11-14H2,1-2H3/t19-,20+. The predicted molar refractivity (Wildman–Crippen MR) is 109 cm³/mol. The molecule has 1 aliphatic heterocycles. The third-order valence-electron chi connectivity index (χ3n) is 4.46. The second-order valence-corrected chi connectivity index (χ2v) is 10.4. The van der Waals surface area contributed by atoms with Crippen LogP contribution in [-0.4, -0.2) is 40.5 Å². The molecule has 2 aromatic carbocycles. The van der Waals surface area contributed by atoms with E-state index >= 15 is 0 Å². The molecule has 0 unspecified atom stereocenters. The lowest BCUT2D eigenvalue weighted by Crippen LogP contribution is -2.28. The fourth-order valence-electron chi connectivity index (χ4n) is 3.03. The Kier molecular flexibility index (Phi) is 6.50. The summed E-state index contributed by atoms with van der Waals surface area (Å²) < 4.78 is 64.8. The van der Waals surface area contributed by atoms with Crippen LogP contribution in [0.5, 0.6) is 11.5 Å². The molecular weight excluding hydrogens is 416 g/mol. The first-order valence-electron chi connectivity index (χ1n) is 9.23. The maximum Gasteiger partial charge on any atom is 0.311 e. The van der Waals surface area contributed by atoms with E-state index in [0.29, 0.717) is 12.8 Å². The van der Waals surface area contributed by atoms with E-state index in [4.69, 9.17) is 13.1 Å². The topological polar surface area (TPSA) is 96.0 Å². The molecule has 0 aromatic heterocycles. The van der Waals surface area contributed by atoms with Crippen molar-refractivity contribution in [3.05, 3.63) is 59.7 Å². The van der Waals surface area contributed by atoms with E-state index in [-0.39, 0.29) is 23.0 Å². The van der Waals surface area contributed by atoms with E-state index in [2.05, 4.69) is 0 Å². The van der Waals surface area contributed by atoms with Gasteiger partial charge in [-0.15, -0.1) is 0 Å². The summed E-state index contributed by atoms with van der Waals surface area (Å²) >= 11 is 0. The van der Waals surface area contributed by atoms with Crippen LogP contribution >= 0.6 is 0 Å². The minimum absolute atomic E-state index is 0.235. The van der Waals surface area contributed by atoms with Crippen LogP contribution in [0.15, 0.2) is 48.5 Å². The summed E-state index contributed by atoms with van der Waals surface area (Å²) in [6, 6.07) is 13.4. The molecule has 1 fully saturated rings. The highest BCUT2D eigenvalue weighted by Gasteiger charge is 2.33. The molecule has 0 aliphatic carbocycles. The van der Waals surface area contributed by atoms with Gasteiger partial charge in [0.05, 0.1) is 12.2 Å². The zero-order valence-electron chi connectivity index (χ0n) is 16.3. The Morgan fingerprint density at radius 2 is 1.07 bits per heavy atom. The van der Waals surface area contributed by atoms with Gasteiger partial charge >= 0.3 is 20.2 Å². The lowest BCUT2D eigenvalue weighted by Gasteiger charge is -2.15. The van der Waals surface area contributed by atoms with Gasteiger partial charge in [0.1, 0.15) is 23.0 Å². The van der Waals surface area contributed by atoms with Crippen LogP contribution in [0.1, 0.15) is 24.0 Å². The average molecular weight is 441 g/mol. The highest BCUT2D eigenvalue weighted by atomic mass is 32.2. The monoisotopic (exact) mass is 440 g/mol. The Hall–Kier alpha value is -2.10. The molecule has 7 nitrogen and oxygen atoms in total. The summed E-state index contributed by atoms with van der Waals surface area (Å²) in [6.45, 7) is 3.78. The molecule has 1 saturated heterocycles. The number of benzene rings is 2. The minimum atomic E-state index is -3.86. The largest absolute Gasteiger partial charge is 0.382 e. The molecule has 0 saturated carbocycles. The van der Waals surface area contributed by atoms with Gasteiger partial charge < -0.3 is 13.1 Å². The van der Waals surface area contributed by atoms with Gasteiger partial charge in [0.15, 0.2) is 0 Å². The summed E-state index contributed by atoms with van der Waals surface area (Å²) in [4.78, 5) is 0. The van der Waals surface area contributed by atoms with E-state index in [1.165, 1.54) is 0 Å². The Labute approximate surface area is 171 Å². The molecule has 0 bridgehead atoms. The van der Waals surface area contributed by atoms with Gasteiger partial charge in [0, 0.05) is 0 Å². The zero-order chi connectivity index (χ0) is 21.1. The van der Waals surface area contributed by atoms with E-state index in [0.717, 1.165) is 11.1 Å². The first kappa shape index (κ1) is 21.6. The SMILES string of the molecule is Cc1ccc(OS(=O)(=O)C[C@H]2CC[C@@H](CS(=O)(=O)Oc3ccc(C)cc3)O2)cc1. The average Bonchev–Trinajstić information content (AvgIpc) is 3.03. The first-order valence-corrected chi connectivity index (χ1v) is 12.4. The fourth-order valence-corrected chi connectivity index (χ4v) is 5.38. The molecule has 0 radical (unpaired) electrons. The van der Waals surface area contributed by atoms with Crippen LogP contribution < -0.4 is 8.37 Å². The summed E-state index contributed by atoms with van der Waals surface area (Å²) in [7, 11) is -7.71. The Bertz CT molecular complexity index is 942. The van der Waals surface area contributed by atoms with Crippen molar-refractivity contribution in [2.24, 2.45) is 0 Å². The Morgan fingerprint density at radius 3 is 1.41 bits per heavy atom. The van der Waals surface area contributed by atoms with Crippen LogP contribution in [0, 0.1) is 13.8 Å². The van der Waals surface area contributed by atoms with Gasteiger partial charge in [-0.1, -0.05) is 35.4 Å². The zero-order valence-corrected chi connectivity index (χ0v) is 17.9. The van der Waals surface area contributed by atoms with Crippen molar-refractivity contribution in [3.8, 4) is 11.5 Å². The molecule has 158 valence electrons. The van der Waals surface area contributed by atoms with E-state index in [1.807, 2.05) is 13.8 Å². The molecule has 0 N–H and O–H groups in total. The van der Waals surface area contributed by atoms with E-state index < -0.39 is 32.4 Å². The Morgan fingerprint density at radius 1 is 0.724 bits per heavy atom. The van der Waals surface area contributed by atoms with Gasteiger partial charge in [0.25, 0.3) is 0 Å². The van der Waals surface area contributed by atoms with Crippen LogP contribution in [-0.2, 0) is 25.0 Å². The van der Waals surface area contributed by atoms with Gasteiger partial charge in [-0.05, 0) is 51.0 Å². The lowest BCUT2D eigenvalue weighted by molar-refractivity contribution is 0.0693. The van der Waals surface area contributed by atoms with Crippen molar-refractivity contribution in [3.63, 3.8) is 0 Å². The number of aryl methyl sites for hydroxylation is 2. The quantitative estimate of drug-likeness (QED) is 0.582. The lowest BCUT2D eigenvalue weighted by atomic mass is 10.2. The molecule has 2 aromatic rings. The van der Waals surface area contributed by atoms with Gasteiger partial charge in [0.2, 0.25) is 0 Å². The molecule has 2 atom stereocenters. The van der Waals surface area contributed by atoms with Crippen molar-refractivity contribution < 1.29 is 29.9 Å². The van der Waals surface area contributed by atoms with Crippen molar-refractivity contribution in [2.45, 2.75) is 38.9 Å².